The average molecular weight is 277 g/mol. The van der Waals surface area contributed by atoms with Gasteiger partial charge < -0.3 is 0 Å². The van der Waals surface area contributed by atoms with Crippen LogP contribution in [0.3, 0.4) is 0 Å². The van der Waals surface area contributed by atoms with Crippen LogP contribution in [-0.4, -0.2) is 10.8 Å². The first-order valence-electron chi connectivity index (χ1n) is 6.56. The number of hydrogen-bond acceptors (Lipinski definition) is 2. The molecule has 0 aliphatic rings. The summed E-state index contributed by atoms with van der Waals surface area (Å²) in [5.74, 6) is -0.666. The quantitative estimate of drug-likeness (QED) is 0.674. The van der Waals surface area contributed by atoms with Crippen LogP contribution in [0.1, 0.15) is 16.1 Å². The van der Waals surface area contributed by atoms with Crippen LogP contribution >= 0.6 is 0 Å². The molecule has 0 saturated heterocycles. The van der Waals surface area contributed by atoms with E-state index in [2.05, 4.69) is 4.98 Å². The molecule has 0 fully saturated rings. The summed E-state index contributed by atoms with van der Waals surface area (Å²) < 4.78 is 12.8. The van der Waals surface area contributed by atoms with Gasteiger partial charge in [0.2, 0.25) is 5.78 Å². The Morgan fingerprint density at radius 2 is 1.48 bits per heavy atom. The molecule has 0 radical (unpaired) electrons. The molecule has 2 nitrogen and oxygen atoms in total. The van der Waals surface area contributed by atoms with Gasteiger partial charge in [0.15, 0.2) is 0 Å². The molecule has 0 saturated carbocycles. The van der Waals surface area contributed by atoms with Crippen LogP contribution in [0.5, 0.6) is 0 Å². The Morgan fingerprint density at radius 3 is 2.10 bits per heavy atom. The lowest BCUT2D eigenvalue weighted by Crippen LogP contribution is -2.03. The van der Waals surface area contributed by atoms with Crippen molar-refractivity contribution in [3.63, 3.8) is 0 Å². The Hall–Kier alpha value is -2.81. The van der Waals surface area contributed by atoms with Crippen LogP contribution in [-0.2, 0) is 0 Å². The number of rotatable bonds is 3. The number of hydrogen-bond donors (Lipinski definition) is 0. The van der Waals surface area contributed by atoms with Crippen molar-refractivity contribution in [3.05, 3.63) is 90.0 Å². The van der Waals surface area contributed by atoms with Crippen molar-refractivity contribution in [2.45, 2.75) is 0 Å². The summed E-state index contributed by atoms with van der Waals surface area (Å²) >= 11 is 0. The maximum absolute atomic E-state index is 12.8. The van der Waals surface area contributed by atoms with Crippen molar-refractivity contribution in [3.8, 4) is 11.1 Å². The van der Waals surface area contributed by atoms with E-state index in [-0.39, 0.29) is 11.5 Å². The van der Waals surface area contributed by atoms with E-state index in [4.69, 9.17) is 0 Å². The summed E-state index contributed by atoms with van der Waals surface area (Å²) in [6.07, 6.45) is 1.05. The van der Waals surface area contributed by atoms with E-state index in [9.17, 15) is 9.18 Å². The van der Waals surface area contributed by atoms with E-state index in [0.717, 1.165) is 17.3 Å². The number of pyridine rings is 1. The molecule has 0 aliphatic carbocycles. The molecule has 0 bridgehead atoms. The predicted octanol–water partition coefficient (Wildman–Crippen LogP) is 4.12. The molecule has 0 aliphatic heterocycles. The van der Waals surface area contributed by atoms with Crippen molar-refractivity contribution in [1.29, 1.82) is 0 Å². The summed E-state index contributed by atoms with van der Waals surface area (Å²) in [5.41, 5.74) is 2.91. The minimum Gasteiger partial charge on any atom is -0.287 e. The summed E-state index contributed by atoms with van der Waals surface area (Å²) in [5, 5.41) is 0. The Kier molecular flexibility index (Phi) is 3.56. The van der Waals surface area contributed by atoms with E-state index < -0.39 is 5.82 Å². The number of benzene rings is 2. The van der Waals surface area contributed by atoms with Crippen LogP contribution in [0.2, 0.25) is 0 Å². The van der Waals surface area contributed by atoms with Crippen LogP contribution < -0.4 is 0 Å². The van der Waals surface area contributed by atoms with Gasteiger partial charge in [-0.3, -0.25) is 4.79 Å². The molecule has 3 heteroatoms. The maximum Gasteiger partial charge on any atom is 0.211 e. The topological polar surface area (TPSA) is 30.0 Å². The smallest absolute Gasteiger partial charge is 0.211 e. The summed E-state index contributed by atoms with van der Waals surface area (Å²) in [7, 11) is 0. The minimum atomic E-state index is -0.453. The number of halogens is 1. The zero-order valence-electron chi connectivity index (χ0n) is 11.2. The highest BCUT2D eigenvalue weighted by atomic mass is 19.1. The van der Waals surface area contributed by atoms with Crippen LogP contribution in [0.4, 0.5) is 4.39 Å². The van der Waals surface area contributed by atoms with E-state index in [1.807, 2.05) is 42.5 Å². The zero-order valence-corrected chi connectivity index (χ0v) is 11.2. The number of carbonyl (C=O) groups is 1. The highest BCUT2D eigenvalue weighted by Gasteiger charge is 2.10. The van der Waals surface area contributed by atoms with Gasteiger partial charge in [-0.15, -0.1) is 0 Å². The molecule has 3 aromatic rings. The maximum atomic E-state index is 12.8. The van der Waals surface area contributed by atoms with Crippen molar-refractivity contribution in [2.24, 2.45) is 0 Å². The van der Waals surface area contributed by atoms with Gasteiger partial charge in [-0.1, -0.05) is 54.6 Å². The van der Waals surface area contributed by atoms with E-state index >= 15 is 0 Å². The molecule has 1 aromatic heterocycles. The fourth-order valence-electron chi connectivity index (χ4n) is 2.10. The van der Waals surface area contributed by atoms with Gasteiger partial charge in [-0.2, -0.15) is 0 Å². The Labute approximate surface area is 121 Å². The Morgan fingerprint density at radius 1 is 0.810 bits per heavy atom. The molecular formula is C18H12FNO. The molecule has 3 rings (SSSR count). The normalized spacial score (nSPS) is 10.3. The fourth-order valence-corrected chi connectivity index (χ4v) is 2.10. The molecule has 0 amide bonds. The third-order valence-corrected chi connectivity index (χ3v) is 3.21. The van der Waals surface area contributed by atoms with E-state index in [1.165, 1.54) is 12.1 Å². The van der Waals surface area contributed by atoms with Crippen LogP contribution in [0.25, 0.3) is 11.1 Å². The largest absolute Gasteiger partial charge is 0.287 e. The van der Waals surface area contributed by atoms with Gasteiger partial charge in [-0.25, -0.2) is 9.37 Å². The summed E-state index contributed by atoms with van der Waals surface area (Å²) in [4.78, 5) is 16.0. The van der Waals surface area contributed by atoms with E-state index in [0.29, 0.717) is 5.56 Å². The number of aromatic nitrogens is 1. The molecule has 0 spiro atoms. The Bertz CT molecular complexity index is 749. The molecule has 0 unspecified atom stereocenters. The first-order valence-corrected chi connectivity index (χ1v) is 6.56. The van der Waals surface area contributed by atoms with Crippen molar-refractivity contribution in [1.82, 2.24) is 4.98 Å². The lowest BCUT2D eigenvalue weighted by Gasteiger charge is -2.04. The number of nitrogens with zero attached hydrogens (tertiary/aromatic N) is 1. The third-order valence-electron chi connectivity index (χ3n) is 3.21. The number of carbonyl (C=O) groups excluding carboxylic acids is 1. The molecule has 2 aromatic carbocycles. The number of ketones is 1. The van der Waals surface area contributed by atoms with Crippen molar-refractivity contribution >= 4 is 5.78 Å². The predicted molar refractivity (Wildman–Crippen MR) is 79.5 cm³/mol. The minimum absolute atomic E-state index is 0.213. The second-order valence-electron chi connectivity index (χ2n) is 4.63. The summed E-state index contributed by atoms with van der Waals surface area (Å²) in [6, 6.07) is 19.9. The van der Waals surface area contributed by atoms with Crippen LogP contribution in [0.15, 0.2) is 72.9 Å². The van der Waals surface area contributed by atoms with Gasteiger partial charge in [-0.05, 0) is 23.3 Å². The standard InChI is InChI=1S/C18H12FNO/c19-16-10-11-17(20-12-16)18(21)15-8-6-14(7-9-15)13-4-2-1-3-5-13/h1-12H. The van der Waals surface area contributed by atoms with Crippen molar-refractivity contribution < 1.29 is 9.18 Å². The fraction of sp³-hybridized carbons (Fsp3) is 0. The first kappa shape index (κ1) is 13.2. The first-order chi connectivity index (χ1) is 10.2. The highest BCUT2D eigenvalue weighted by Crippen LogP contribution is 2.20. The lowest BCUT2D eigenvalue weighted by atomic mass is 10.0. The van der Waals surface area contributed by atoms with E-state index in [1.54, 1.807) is 12.1 Å². The highest BCUT2D eigenvalue weighted by molar-refractivity contribution is 6.07. The lowest BCUT2D eigenvalue weighted by molar-refractivity contribution is 0.103. The molecule has 1 heterocycles. The monoisotopic (exact) mass is 277 g/mol. The third kappa shape index (κ3) is 2.87. The molecule has 0 atom stereocenters. The molecular weight excluding hydrogens is 265 g/mol. The van der Waals surface area contributed by atoms with Gasteiger partial charge in [0, 0.05) is 5.56 Å². The second kappa shape index (κ2) is 5.67. The van der Waals surface area contributed by atoms with Gasteiger partial charge in [0.1, 0.15) is 11.5 Å². The molecule has 102 valence electrons. The second-order valence-corrected chi connectivity index (χ2v) is 4.63. The van der Waals surface area contributed by atoms with Crippen molar-refractivity contribution in [2.75, 3.05) is 0 Å². The zero-order chi connectivity index (χ0) is 14.7. The van der Waals surface area contributed by atoms with Gasteiger partial charge >= 0.3 is 0 Å². The average Bonchev–Trinajstić information content (AvgIpc) is 2.56. The van der Waals surface area contributed by atoms with Gasteiger partial charge in [0.25, 0.3) is 0 Å². The SMILES string of the molecule is O=C(c1ccc(-c2ccccc2)cc1)c1ccc(F)cn1. The van der Waals surface area contributed by atoms with Gasteiger partial charge in [0.05, 0.1) is 6.20 Å². The summed E-state index contributed by atoms with van der Waals surface area (Å²) in [6.45, 7) is 0. The molecule has 0 N–H and O–H groups in total. The van der Waals surface area contributed by atoms with Crippen LogP contribution in [0, 0.1) is 5.82 Å². The molecule has 21 heavy (non-hydrogen) atoms. The Balaban J connectivity index is 1.87.